The van der Waals surface area contributed by atoms with Crippen molar-refractivity contribution < 1.29 is 23.5 Å². The van der Waals surface area contributed by atoms with E-state index in [1.165, 1.54) is 0 Å². The molecule has 132 valence electrons. The highest BCUT2D eigenvalue weighted by atomic mass is 19.2. The average Bonchev–Trinajstić information content (AvgIpc) is 2.63. The predicted molar refractivity (Wildman–Crippen MR) is 90.7 cm³/mol. The van der Waals surface area contributed by atoms with E-state index < -0.39 is 29.6 Å². The number of nitrogens with one attached hydrogen (secondary N) is 1. The van der Waals surface area contributed by atoms with Crippen LogP contribution in [-0.2, 0) is 11.2 Å². The van der Waals surface area contributed by atoms with Crippen LogP contribution in [-0.4, -0.2) is 28.0 Å². The molecule has 0 spiro atoms. The fraction of sp³-hybridized carbons (Fsp3) is 0.105. The molecule has 3 rings (SSSR count). The van der Waals surface area contributed by atoms with Crippen LogP contribution in [0.5, 0.6) is 0 Å². The average molecular weight is 356 g/mol. The van der Waals surface area contributed by atoms with Crippen molar-refractivity contribution in [3.63, 3.8) is 0 Å². The molecule has 7 heteroatoms. The molecule has 26 heavy (non-hydrogen) atoms. The lowest BCUT2D eigenvalue weighted by Gasteiger charge is -2.14. The third-order valence-electron chi connectivity index (χ3n) is 3.85. The first kappa shape index (κ1) is 17.5. The summed E-state index contributed by atoms with van der Waals surface area (Å²) in [6.07, 6.45) is -0.0460. The number of amides is 1. The summed E-state index contributed by atoms with van der Waals surface area (Å²) < 4.78 is 26.2. The van der Waals surface area contributed by atoms with Crippen LogP contribution in [0.15, 0.2) is 54.6 Å². The van der Waals surface area contributed by atoms with Crippen molar-refractivity contribution in [1.29, 1.82) is 0 Å². The number of benzene rings is 2. The molecule has 2 N–H and O–H groups in total. The van der Waals surface area contributed by atoms with Gasteiger partial charge in [-0.1, -0.05) is 24.3 Å². The molecule has 0 aliphatic carbocycles. The van der Waals surface area contributed by atoms with E-state index >= 15 is 0 Å². The van der Waals surface area contributed by atoms with Gasteiger partial charge < -0.3 is 10.4 Å². The van der Waals surface area contributed by atoms with Crippen LogP contribution in [0.1, 0.15) is 16.1 Å². The minimum atomic E-state index is -1.26. The Labute approximate surface area is 147 Å². The zero-order chi connectivity index (χ0) is 18.7. The summed E-state index contributed by atoms with van der Waals surface area (Å²) in [5, 5.41) is 12.6. The van der Waals surface area contributed by atoms with Crippen molar-refractivity contribution >= 4 is 22.8 Å². The normalized spacial score (nSPS) is 11.9. The van der Waals surface area contributed by atoms with Crippen LogP contribution in [0.25, 0.3) is 10.9 Å². The number of rotatable bonds is 5. The van der Waals surface area contributed by atoms with Crippen LogP contribution in [0, 0.1) is 11.6 Å². The van der Waals surface area contributed by atoms with Crippen molar-refractivity contribution in [2.24, 2.45) is 0 Å². The maximum Gasteiger partial charge on any atom is 0.326 e. The van der Waals surface area contributed by atoms with Crippen LogP contribution in [0.4, 0.5) is 8.78 Å². The maximum atomic E-state index is 13.2. The lowest BCUT2D eigenvalue weighted by molar-refractivity contribution is -0.139. The predicted octanol–water partition coefficient (Wildman–Crippen LogP) is 2.94. The molecule has 1 amide bonds. The molecule has 1 heterocycles. The maximum absolute atomic E-state index is 13.2. The zero-order valence-corrected chi connectivity index (χ0v) is 13.4. The van der Waals surface area contributed by atoms with Gasteiger partial charge in [0, 0.05) is 23.1 Å². The van der Waals surface area contributed by atoms with Crippen molar-refractivity contribution in [3.05, 3.63) is 77.5 Å². The molecule has 0 unspecified atom stereocenters. The van der Waals surface area contributed by atoms with E-state index in [0.29, 0.717) is 11.2 Å². The number of hydrogen-bond donors (Lipinski definition) is 2. The third-order valence-corrected chi connectivity index (χ3v) is 3.85. The van der Waals surface area contributed by atoms with Gasteiger partial charge in [-0.2, -0.15) is 0 Å². The highest BCUT2D eigenvalue weighted by molar-refractivity contribution is 5.96. The molecule has 0 saturated heterocycles. The molecule has 1 atom stereocenters. The van der Waals surface area contributed by atoms with E-state index in [2.05, 4.69) is 10.3 Å². The summed E-state index contributed by atoms with van der Waals surface area (Å²) in [7, 11) is 0. The number of hydrogen-bond acceptors (Lipinski definition) is 3. The Morgan fingerprint density at radius 1 is 1.04 bits per heavy atom. The molecular weight excluding hydrogens is 342 g/mol. The fourth-order valence-corrected chi connectivity index (χ4v) is 2.51. The fourth-order valence-electron chi connectivity index (χ4n) is 2.51. The van der Waals surface area contributed by atoms with Gasteiger partial charge >= 0.3 is 5.97 Å². The first-order valence-corrected chi connectivity index (χ1v) is 7.77. The van der Waals surface area contributed by atoms with E-state index in [1.807, 2.05) is 24.3 Å². The Bertz CT molecular complexity index is 991. The number of para-hydroxylation sites is 1. The second-order valence-electron chi connectivity index (χ2n) is 5.69. The van der Waals surface area contributed by atoms with Gasteiger partial charge in [0.2, 0.25) is 0 Å². The molecule has 2 aromatic carbocycles. The molecule has 0 saturated carbocycles. The Hall–Kier alpha value is -3.35. The smallest absolute Gasteiger partial charge is 0.326 e. The number of nitrogens with zero attached hydrogens (tertiary/aromatic N) is 1. The quantitative estimate of drug-likeness (QED) is 0.737. The minimum absolute atomic E-state index is 0.0460. The summed E-state index contributed by atoms with van der Waals surface area (Å²) in [4.78, 5) is 28.0. The number of aromatic nitrogens is 1. The lowest BCUT2D eigenvalue weighted by Crippen LogP contribution is -2.42. The standard InChI is InChI=1S/C19H14F2N2O3/c20-14-8-6-12(9-15(14)21)18(24)23-17(19(25)26)10-13-7-5-11-3-1-2-4-16(11)22-13/h1-9,17H,10H2,(H,23,24)(H,25,26)/t17-/m0/s1. The van der Waals surface area contributed by atoms with Gasteiger partial charge in [0.15, 0.2) is 11.6 Å². The minimum Gasteiger partial charge on any atom is -0.480 e. The van der Waals surface area contributed by atoms with Crippen LogP contribution in [0.2, 0.25) is 0 Å². The largest absolute Gasteiger partial charge is 0.480 e. The van der Waals surface area contributed by atoms with E-state index in [9.17, 15) is 23.5 Å². The monoisotopic (exact) mass is 356 g/mol. The van der Waals surface area contributed by atoms with Gasteiger partial charge in [0.25, 0.3) is 5.91 Å². The van der Waals surface area contributed by atoms with Crippen LogP contribution >= 0.6 is 0 Å². The van der Waals surface area contributed by atoms with Crippen molar-refractivity contribution in [2.75, 3.05) is 0 Å². The van der Waals surface area contributed by atoms with Crippen molar-refractivity contribution in [2.45, 2.75) is 12.5 Å². The van der Waals surface area contributed by atoms with Crippen LogP contribution in [0.3, 0.4) is 0 Å². The molecule has 0 fully saturated rings. The third kappa shape index (κ3) is 3.83. The lowest BCUT2D eigenvalue weighted by atomic mass is 10.1. The molecular formula is C19H14F2N2O3. The first-order valence-electron chi connectivity index (χ1n) is 7.77. The van der Waals surface area contributed by atoms with Crippen molar-refractivity contribution in [3.8, 4) is 0 Å². The number of pyridine rings is 1. The van der Waals surface area contributed by atoms with Gasteiger partial charge in [0.1, 0.15) is 6.04 Å². The molecule has 0 aliphatic heterocycles. The molecule has 5 nitrogen and oxygen atoms in total. The molecule has 0 aliphatic rings. The molecule has 3 aromatic rings. The number of carboxylic acids is 1. The summed E-state index contributed by atoms with van der Waals surface area (Å²) in [5.74, 6) is -4.33. The Balaban J connectivity index is 1.78. The first-order chi connectivity index (χ1) is 12.4. The highest BCUT2D eigenvalue weighted by Crippen LogP contribution is 2.14. The summed E-state index contributed by atoms with van der Waals surface area (Å²) in [6.45, 7) is 0. The van der Waals surface area contributed by atoms with E-state index in [0.717, 1.165) is 23.6 Å². The van der Waals surface area contributed by atoms with Gasteiger partial charge in [-0.15, -0.1) is 0 Å². The van der Waals surface area contributed by atoms with Gasteiger partial charge in [0.05, 0.1) is 5.52 Å². The molecule has 0 radical (unpaired) electrons. The number of aliphatic carboxylic acids is 1. The number of fused-ring (bicyclic) bond motifs is 1. The molecule has 0 bridgehead atoms. The Morgan fingerprint density at radius 2 is 1.81 bits per heavy atom. The number of carbonyl (C=O) groups is 2. The second kappa shape index (κ2) is 7.26. The van der Waals surface area contributed by atoms with E-state index in [1.54, 1.807) is 12.1 Å². The second-order valence-corrected chi connectivity index (χ2v) is 5.69. The summed E-state index contributed by atoms with van der Waals surface area (Å²) >= 11 is 0. The number of carbonyl (C=O) groups excluding carboxylic acids is 1. The number of halogens is 2. The van der Waals surface area contributed by atoms with Crippen LogP contribution < -0.4 is 5.32 Å². The van der Waals surface area contributed by atoms with Crippen molar-refractivity contribution in [1.82, 2.24) is 10.3 Å². The Morgan fingerprint density at radius 3 is 2.54 bits per heavy atom. The summed E-state index contributed by atoms with van der Waals surface area (Å²) in [6, 6.07) is 12.2. The Kier molecular flexibility index (Phi) is 4.88. The van der Waals surface area contributed by atoms with Gasteiger partial charge in [-0.3, -0.25) is 9.78 Å². The van der Waals surface area contributed by atoms with Gasteiger partial charge in [-0.25, -0.2) is 13.6 Å². The zero-order valence-electron chi connectivity index (χ0n) is 13.4. The number of carboxylic acid groups (broad SMARTS) is 1. The van der Waals surface area contributed by atoms with E-state index in [-0.39, 0.29) is 12.0 Å². The highest BCUT2D eigenvalue weighted by Gasteiger charge is 2.22. The topological polar surface area (TPSA) is 79.3 Å². The summed E-state index contributed by atoms with van der Waals surface area (Å²) in [5.41, 5.74) is 1.03. The SMILES string of the molecule is O=C(N[C@@H](Cc1ccc2ccccc2n1)C(=O)O)c1ccc(F)c(F)c1. The van der Waals surface area contributed by atoms with Gasteiger partial charge in [-0.05, 0) is 30.3 Å². The molecule has 1 aromatic heterocycles. The van der Waals surface area contributed by atoms with E-state index in [4.69, 9.17) is 0 Å².